The highest BCUT2D eigenvalue weighted by Crippen LogP contribution is 2.65. The fourth-order valence-corrected chi connectivity index (χ4v) is 5.80. The molecule has 0 spiro atoms. The van der Waals surface area contributed by atoms with Gasteiger partial charge in [-0.3, -0.25) is 9.59 Å². The van der Waals surface area contributed by atoms with Gasteiger partial charge in [0.2, 0.25) is 6.29 Å². The number of ether oxygens (including phenoxy) is 2. The fourth-order valence-electron chi connectivity index (χ4n) is 5.80. The number of hydrogen-bond donors (Lipinski definition) is 1. The summed E-state index contributed by atoms with van der Waals surface area (Å²) in [7, 11) is 0. The van der Waals surface area contributed by atoms with Crippen molar-refractivity contribution in [2.24, 2.45) is 22.7 Å². The standard InChI is InChI=1S/C17H24O5/c18-14(19)16-6-11-5-12(7-16)9-17(8-11,10-16)15(20)22-13-3-1-2-4-21-13/h11-13H,1-10H2,(H,18,19). The second-order valence-electron chi connectivity index (χ2n) is 8.03. The highest BCUT2D eigenvalue weighted by atomic mass is 16.7. The van der Waals surface area contributed by atoms with Gasteiger partial charge in [0.15, 0.2) is 0 Å². The summed E-state index contributed by atoms with van der Waals surface area (Å²) in [5.74, 6) is -0.166. The molecule has 5 aliphatic rings. The first-order valence-electron chi connectivity index (χ1n) is 8.58. The van der Waals surface area contributed by atoms with Crippen LogP contribution >= 0.6 is 0 Å². The van der Waals surface area contributed by atoms with Crippen molar-refractivity contribution in [2.45, 2.75) is 64.1 Å². The zero-order chi connectivity index (χ0) is 15.4. The summed E-state index contributed by atoms with van der Waals surface area (Å²) in [6.45, 7) is 0.648. The molecule has 1 heterocycles. The summed E-state index contributed by atoms with van der Waals surface area (Å²) < 4.78 is 11.2. The molecule has 3 atom stereocenters. The minimum absolute atomic E-state index is 0.195. The lowest BCUT2D eigenvalue weighted by atomic mass is 9.44. The van der Waals surface area contributed by atoms with Gasteiger partial charge in [-0.05, 0) is 63.2 Å². The van der Waals surface area contributed by atoms with E-state index >= 15 is 0 Å². The maximum absolute atomic E-state index is 12.8. The average Bonchev–Trinajstić information content (AvgIpc) is 2.46. The monoisotopic (exact) mass is 308 g/mol. The first-order valence-corrected chi connectivity index (χ1v) is 8.58. The molecular formula is C17H24O5. The molecule has 0 aromatic rings. The van der Waals surface area contributed by atoms with E-state index in [0.29, 0.717) is 24.9 Å². The topological polar surface area (TPSA) is 72.8 Å². The minimum Gasteiger partial charge on any atom is -0.481 e. The molecule has 1 aliphatic heterocycles. The van der Waals surface area contributed by atoms with E-state index in [9.17, 15) is 14.7 Å². The van der Waals surface area contributed by atoms with E-state index in [1.54, 1.807) is 0 Å². The van der Waals surface area contributed by atoms with Gasteiger partial charge >= 0.3 is 11.9 Å². The minimum atomic E-state index is -0.715. The van der Waals surface area contributed by atoms with Crippen molar-refractivity contribution in [1.82, 2.24) is 0 Å². The van der Waals surface area contributed by atoms with E-state index in [4.69, 9.17) is 9.47 Å². The number of rotatable bonds is 3. The van der Waals surface area contributed by atoms with Crippen molar-refractivity contribution < 1.29 is 24.2 Å². The van der Waals surface area contributed by atoms with Crippen LogP contribution in [0.1, 0.15) is 57.8 Å². The number of carbonyl (C=O) groups excluding carboxylic acids is 1. The molecule has 5 heteroatoms. The molecule has 0 aromatic carbocycles. The van der Waals surface area contributed by atoms with Gasteiger partial charge in [-0.2, -0.15) is 0 Å². The Morgan fingerprint density at radius 2 is 1.73 bits per heavy atom. The average molecular weight is 308 g/mol. The molecule has 4 bridgehead atoms. The van der Waals surface area contributed by atoms with Gasteiger partial charge in [0.05, 0.1) is 17.4 Å². The maximum atomic E-state index is 12.8. The summed E-state index contributed by atoms with van der Waals surface area (Å²) in [5.41, 5.74) is -1.25. The quantitative estimate of drug-likeness (QED) is 0.812. The zero-order valence-corrected chi connectivity index (χ0v) is 12.9. The first-order chi connectivity index (χ1) is 10.5. The Labute approximate surface area is 130 Å². The molecule has 1 N–H and O–H groups in total. The lowest BCUT2D eigenvalue weighted by Gasteiger charge is -2.59. The van der Waals surface area contributed by atoms with Crippen LogP contribution in [0.4, 0.5) is 0 Å². The lowest BCUT2D eigenvalue weighted by Crippen LogP contribution is -2.58. The molecule has 0 radical (unpaired) electrons. The van der Waals surface area contributed by atoms with Gasteiger partial charge in [-0.25, -0.2) is 0 Å². The second kappa shape index (κ2) is 4.95. The Bertz CT molecular complexity index is 479. The van der Waals surface area contributed by atoms with Crippen molar-refractivity contribution in [2.75, 3.05) is 6.61 Å². The molecule has 3 unspecified atom stereocenters. The van der Waals surface area contributed by atoms with Crippen LogP contribution in [0.25, 0.3) is 0 Å². The van der Waals surface area contributed by atoms with Gasteiger partial charge in [0, 0.05) is 6.42 Å². The third-order valence-electron chi connectivity index (χ3n) is 6.32. The Morgan fingerprint density at radius 1 is 1.05 bits per heavy atom. The Morgan fingerprint density at radius 3 is 2.32 bits per heavy atom. The summed E-state index contributed by atoms with van der Waals surface area (Å²) in [6.07, 6.45) is 7.04. The summed E-state index contributed by atoms with van der Waals surface area (Å²) >= 11 is 0. The highest BCUT2D eigenvalue weighted by molar-refractivity contribution is 5.82. The molecule has 0 amide bonds. The van der Waals surface area contributed by atoms with Crippen LogP contribution in [0.3, 0.4) is 0 Å². The largest absolute Gasteiger partial charge is 0.481 e. The molecule has 1 saturated heterocycles. The third kappa shape index (κ3) is 2.16. The van der Waals surface area contributed by atoms with Crippen LogP contribution in [0.2, 0.25) is 0 Å². The van der Waals surface area contributed by atoms with E-state index in [0.717, 1.165) is 51.4 Å². The second-order valence-corrected chi connectivity index (χ2v) is 8.03. The maximum Gasteiger partial charge on any atom is 0.314 e. The molecule has 22 heavy (non-hydrogen) atoms. The molecule has 5 rings (SSSR count). The van der Waals surface area contributed by atoms with E-state index in [2.05, 4.69) is 0 Å². The highest BCUT2D eigenvalue weighted by Gasteiger charge is 2.64. The zero-order valence-electron chi connectivity index (χ0n) is 12.9. The van der Waals surface area contributed by atoms with Crippen molar-refractivity contribution in [3.63, 3.8) is 0 Å². The first kappa shape index (κ1) is 14.5. The molecule has 4 aliphatic carbocycles. The fraction of sp³-hybridized carbons (Fsp3) is 0.882. The van der Waals surface area contributed by atoms with E-state index < -0.39 is 23.1 Å². The molecule has 4 saturated carbocycles. The summed E-state index contributed by atoms with van der Waals surface area (Å²) in [5, 5.41) is 9.72. The predicted molar refractivity (Wildman–Crippen MR) is 76.9 cm³/mol. The predicted octanol–water partition coefficient (Wildman–Crippen LogP) is 2.73. The van der Waals surface area contributed by atoms with Crippen LogP contribution in [0, 0.1) is 22.7 Å². The van der Waals surface area contributed by atoms with E-state index in [-0.39, 0.29) is 5.97 Å². The number of carboxylic acid groups (broad SMARTS) is 1. The van der Waals surface area contributed by atoms with Crippen molar-refractivity contribution >= 4 is 11.9 Å². The van der Waals surface area contributed by atoms with Crippen LogP contribution in [0.15, 0.2) is 0 Å². The Hall–Kier alpha value is -1.10. The van der Waals surface area contributed by atoms with Crippen molar-refractivity contribution in [3.05, 3.63) is 0 Å². The van der Waals surface area contributed by atoms with Gasteiger partial charge in [0.25, 0.3) is 0 Å². The Balaban J connectivity index is 1.55. The van der Waals surface area contributed by atoms with Gasteiger partial charge < -0.3 is 14.6 Å². The SMILES string of the molecule is O=C(O)C12CC3CC(C1)CC(C(=O)OC1CCCCO1)(C3)C2. The summed E-state index contributed by atoms with van der Waals surface area (Å²) in [4.78, 5) is 24.7. The van der Waals surface area contributed by atoms with Gasteiger partial charge in [0.1, 0.15) is 0 Å². The molecule has 0 aromatic heterocycles. The normalized spacial score (nSPS) is 46.5. The molecule has 5 nitrogen and oxygen atoms in total. The van der Waals surface area contributed by atoms with Crippen LogP contribution in [-0.4, -0.2) is 29.9 Å². The molecule has 5 fully saturated rings. The van der Waals surface area contributed by atoms with Gasteiger partial charge in [-0.1, -0.05) is 0 Å². The van der Waals surface area contributed by atoms with Crippen molar-refractivity contribution in [3.8, 4) is 0 Å². The van der Waals surface area contributed by atoms with Gasteiger partial charge in [-0.15, -0.1) is 0 Å². The third-order valence-corrected chi connectivity index (χ3v) is 6.32. The smallest absolute Gasteiger partial charge is 0.314 e. The number of esters is 1. The van der Waals surface area contributed by atoms with Crippen LogP contribution < -0.4 is 0 Å². The lowest BCUT2D eigenvalue weighted by molar-refractivity contribution is -0.216. The number of carboxylic acids is 1. The molecule has 122 valence electrons. The molecular weight excluding hydrogens is 284 g/mol. The van der Waals surface area contributed by atoms with E-state index in [1.807, 2.05) is 0 Å². The Kier molecular flexibility index (Phi) is 3.26. The summed E-state index contributed by atoms with van der Waals surface area (Å²) in [6, 6.07) is 0. The number of aliphatic carboxylic acids is 1. The van der Waals surface area contributed by atoms with Crippen molar-refractivity contribution in [1.29, 1.82) is 0 Å². The number of hydrogen-bond acceptors (Lipinski definition) is 4. The van der Waals surface area contributed by atoms with Crippen LogP contribution in [0.5, 0.6) is 0 Å². The van der Waals surface area contributed by atoms with Crippen LogP contribution in [-0.2, 0) is 19.1 Å². The van der Waals surface area contributed by atoms with E-state index in [1.165, 1.54) is 0 Å². The number of carbonyl (C=O) groups is 2.